The van der Waals surface area contributed by atoms with Crippen molar-refractivity contribution in [3.05, 3.63) is 31.0 Å². The predicted octanol–water partition coefficient (Wildman–Crippen LogP) is 0.411. The van der Waals surface area contributed by atoms with E-state index in [1.54, 1.807) is 34.2 Å². The Hall–Kier alpha value is -3.30. The minimum absolute atomic E-state index is 0.441. The lowest BCUT2D eigenvalue weighted by Gasteiger charge is -2.01. The Kier molecular flexibility index (Phi) is 2.40. The van der Waals surface area contributed by atoms with Crippen LogP contribution in [0.5, 0.6) is 0 Å². The van der Waals surface area contributed by atoms with Crippen LogP contribution in [-0.4, -0.2) is 44.9 Å². The second-order valence-corrected chi connectivity index (χ2v) is 4.39. The summed E-state index contributed by atoms with van der Waals surface area (Å²) in [7, 11) is 1.84. The fourth-order valence-corrected chi connectivity index (χ4v) is 1.93. The van der Waals surface area contributed by atoms with Crippen LogP contribution in [0.15, 0.2) is 31.0 Å². The number of hydrogen-bond acceptors (Lipinski definition) is 7. The number of aromatic nitrogens is 9. The number of aryl methyl sites for hydroxylation is 1. The maximum Gasteiger partial charge on any atom is 0.229 e. The van der Waals surface area contributed by atoms with Gasteiger partial charge < -0.3 is 5.32 Å². The first-order chi connectivity index (χ1) is 10.3. The van der Waals surface area contributed by atoms with Gasteiger partial charge in [0.1, 0.15) is 5.69 Å². The van der Waals surface area contributed by atoms with Gasteiger partial charge in [-0.25, -0.2) is 4.98 Å². The highest BCUT2D eigenvalue weighted by Crippen LogP contribution is 2.16. The Balaban J connectivity index is 1.79. The van der Waals surface area contributed by atoms with Gasteiger partial charge in [-0.15, -0.1) is 5.10 Å². The molecule has 10 heteroatoms. The van der Waals surface area contributed by atoms with Crippen molar-refractivity contribution < 1.29 is 0 Å². The third-order valence-electron chi connectivity index (χ3n) is 2.88. The molecule has 0 spiro atoms. The molecule has 0 amide bonds. The van der Waals surface area contributed by atoms with Crippen LogP contribution in [-0.2, 0) is 7.05 Å². The molecule has 4 aromatic rings. The average Bonchev–Trinajstić information content (AvgIpc) is 3.19. The normalized spacial score (nSPS) is 11.1. The van der Waals surface area contributed by atoms with Crippen LogP contribution >= 0.6 is 0 Å². The predicted molar refractivity (Wildman–Crippen MR) is 73.1 cm³/mol. The summed E-state index contributed by atoms with van der Waals surface area (Å²) in [6, 6.07) is 0. The minimum Gasteiger partial charge on any atom is -0.321 e. The van der Waals surface area contributed by atoms with Gasteiger partial charge in [0, 0.05) is 13.2 Å². The Morgan fingerprint density at radius 3 is 2.95 bits per heavy atom. The number of hydrogen-bond donors (Lipinski definition) is 2. The van der Waals surface area contributed by atoms with Crippen molar-refractivity contribution in [1.82, 2.24) is 44.9 Å². The molecule has 2 N–H and O–H groups in total. The molecule has 0 unspecified atom stereocenters. The zero-order valence-electron chi connectivity index (χ0n) is 11.0. The van der Waals surface area contributed by atoms with Gasteiger partial charge in [-0.2, -0.15) is 19.9 Å². The van der Waals surface area contributed by atoms with Crippen molar-refractivity contribution in [1.29, 1.82) is 0 Å². The molecule has 4 aromatic heterocycles. The third kappa shape index (κ3) is 1.98. The summed E-state index contributed by atoms with van der Waals surface area (Å²) in [6.45, 7) is 0. The van der Waals surface area contributed by atoms with Gasteiger partial charge in [0.2, 0.25) is 5.95 Å². The summed E-state index contributed by atoms with van der Waals surface area (Å²) >= 11 is 0. The lowest BCUT2D eigenvalue weighted by atomic mass is 10.5. The van der Waals surface area contributed by atoms with E-state index < -0.39 is 0 Å². The zero-order chi connectivity index (χ0) is 14.2. The van der Waals surface area contributed by atoms with E-state index in [4.69, 9.17) is 0 Å². The van der Waals surface area contributed by atoms with Crippen LogP contribution in [0.25, 0.3) is 16.9 Å². The van der Waals surface area contributed by atoms with Crippen LogP contribution in [0, 0.1) is 0 Å². The fraction of sp³-hybridized carbons (Fsp3) is 0.0909. The average molecular weight is 282 g/mol. The smallest absolute Gasteiger partial charge is 0.229 e. The van der Waals surface area contributed by atoms with Crippen LogP contribution in [0.2, 0.25) is 0 Å². The third-order valence-corrected chi connectivity index (χ3v) is 2.88. The number of rotatable bonds is 3. The number of fused-ring (bicyclic) bond motifs is 1. The summed E-state index contributed by atoms with van der Waals surface area (Å²) in [5.41, 5.74) is 2.77. The molecule has 0 aromatic carbocycles. The minimum atomic E-state index is 0.441. The second-order valence-electron chi connectivity index (χ2n) is 4.39. The first kappa shape index (κ1) is 11.5. The Morgan fingerprint density at radius 1 is 1.24 bits per heavy atom. The second kappa shape index (κ2) is 4.37. The van der Waals surface area contributed by atoms with E-state index in [1.807, 2.05) is 13.2 Å². The molecule has 0 aliphatic heterocycles. The van der Waals surface area contributed by atoms with E-state index in [2.05, 4.69) is 40.9 Å². The van der Waals surface area contributed by atoms with Crippen molar-refractivity contribution in [2.45, 2.75) is 0 Å². The van der Waals surface area contributed by atoms with E-state index >= 15 is 0 Å². The Labute approximate surface area is 117 Å². The molecule has 21 heavy (non-hydrogen) atoms. The molecular weight excluding hydrogens is 272 g/mol. The summed E-state index contributed by atoms with van der Waals surface area (Å²) in [6.07, 6.45) is 8.50. The number of H-pyrrole nitrogens is 1. The highest BCUT2D eigenvalue weighted by Gasteiger charge is 2.11. The van der Waals surface area contributed by atoms with Gasteiger partial charge in [0.05, 0.1) is 30.5 Å². The van der Waals surface area contributed by atoms with E-state index in [1.165, 1.54) is 0 Å². The molecule has 0 bridgehead atoms. The highest BCUT2D eigenvalue weighted by atomic mass is 15.5. The van der Waals surface area contributed by atoms with Gasteiger partial charge in [0.25, 0.3) is 0 Å². The van der Waals surface area contributed by atoms with E-state index in [0.717, 1.165) is 11.4 Å². The van der Waals surface area contributed by atoms with Crippen LogP contribution in [0.1, 0.15) is 0 Å². The van der Waals surface area contributed by atoms with Gasteiger partial charge in [-0.05, 0) is 0 Å². The van der Waals surface area contributed by atoms with Crippen molar-refractivity contribution >= 4 is 22.8 Å². The van der Waals surface area contributed by atoms with E-state index in [0.29, 0.717) is 17.1 Å². The van der Waals surface area contributed by atoms with Crippen LogP contribution < -0.4 is 5.32 Å². The number of nitrogens with zero attached hydrogens (tertiary/aromatic N) is 8. The largest absolute Gasteiger partial charge is 0.321 e. The molecule has 104 valence electrons. The lowest BCUT2D eigenvalue weighted by molar-refractivity contribution is 0.764. The maximum absolute atomic E-state index is 4.43. The summed E-state index contributed by atoms with van der Waals surface area (Å²) in [5, 5.41) is 21.9. The molecule has 0 atom stereocenters. The molecule has 4 rings (SSSR count). The molecule has 0 saturated heterocycles. The SMILES string of the molecule is Cn1cc(-n2nnc3cnc(Nc4cn[nH]c4)nc32)cn1. The van der Waals surface area contributed by atoms with Gasteiger partial charge in [-0.3, -0.25) is 9.78 Å². The van der Waals surface area contributed by atoms with Crippen molar-refractivity contribution in [3.8, 4) is 5.69 Å². The fourth-order valence-electron chi connectivity index (χ4n) is 1.93. The van der Waals surface area contributed by atoms with Gasteiger partial charge >= 0.3 is 0 Å². The van der Waals surface area contributed by atoms with Gasteiger partial charge in [0.15, 0.2) is 11.2 Å². The first-order valence-electron chi connectivity index (χ1n) is 6.13. The van der Waals surface area contributed by atoms with Crippen molar-refractivity contribution in [2.24, 2.45) is 7.05 Å². The molecule has 0 saturated carbocycles. The molecule has 0 radical (unpaired) electrons. The molecule has 0 fully saturated rings. The molecule has 4 heterocycles. The Morgan fingerprint density at radius 2 is 2.19 bits per heavy atom. The summed E-state index contributed by atoms with van der Waals surface area (Å²) < 4.78 is 3.30. The van der Waals surface area contributed by atoms with Gasteiger partial charge in [-0.1, -0.05) is 5.21 Å². The quantitative estimate of drug-likeness (QED) is 0.559. The maximum atomic E-state index is 4.43. The molecule has 0 aliphatic carbocycles. The van der Waals surface area contributed by atoms with E-state index in [9.17, 15) is 0 Å². The molecular formula is C11H10N10. The molecule has 10 nitrogen and oxygen atoms in total. The standard InChI is InChI=1S/C11H10N10/c1-20-6-8(4-15-20)21-10-9(18-19-21)5-12-11(17-10)16-7-2-13-14-3-7/h2-6H,1H3,(H,13,14)(H,12,16,17). The summed E-state index contributed by atoms with van der Waals surface area (Å²) in [4.78, 5) is 8.63. The van der Waals surface area contributed by atoms with E-state index in [-0.39, 0.29) is 0 Å². The highest BCUT2D eigenvalue weighted by molar-refractivity contribution is 5.72. The first-order valence-corrected chi connectivity index (χ1v) is 6.13. The zero-order valence-corrected chi connectivity index (χ0v) is 11.0. The number of aromatic amines is 1. The summed E-state index contributed by atoms with van der Waals surface area (Å²) in [5.74, 6) is 0.441. The number of anilines is 2. The van der Waals surface area contributed by atoms with Crippen LogP contribution in [0.4, 0.5) is 11.6 Å². The van der Waals surface area contributed by atoms with Crippen LogP contribution in [0.3, 0.4) is 0 Å². The number of nitrogens with one attached hydrogen (secondary N) is 2. The molecule has 0 aliphatic rings. The van der Waals surface area contributed by atoms with Crippen molar-refractivity contribution in [3.63, 3.8) is 0 Å². The lowest BCUT2D eigenvalue weighted by Crippen LogP contribution is -2.00. The van der Waals surface area contributed by atoms with Crippen molar-refractivity contribution in [2.75, 3.05) is 5.32 Å². The monoisotopic (exact) mass is 282 g/mol. The Bertz CT molecular complexity index is 887. The topological polar surface area (TPSA) is 115 Å².